The second-order valence-corrected chi connectivity index (χ2v) is 4.13. The van der Waals surface area contributed by atoms with E-state index in [0.717, 1.165) is 0 Å². The Bertz CT molecular complexity index is 296. The van der Waals surface area contributed by atoms with Crippen molar-refractivity contribution in [3.8, 4) is 0 Å². The highest BCUT2D eigenvalue weighted by Gasteiger charge is 2.45. The molecule has 1 aliphatic rings. The van der Waals surface area contributed by atoms with Crippen molar-refractivity contribution in [1.82, 2.24) is 0 Å². The molecule has 6 nitrogen and oxygen atoms in total. The summed E-state index contributed by atoms with van der Waals surface area (Å²) in [7, 11) is 2.58. The second-order valence-electron chi connectivity index (χ2n) is 4.13. The summed E-state index contributed by atoms with van der Waals surface area (Å²) >= 11 is 0. The fourth-order valence-electron chi connectivity index (χ4n) is 1.98. The summed E-state index contributed by atoms with van der Waals surface area (Å²) in [6.07, 6.45) is -2.49. The first kappa shape index (κ1) is 14.2. The minimum absolute atomic E-state index is 0.175. The molecule has 1 aliphatic carbocycles. The Morgan fingerprint density at radius 3 is 2.35 bits per heavy atom. The van der Waals surface area contributed by atoms with Crippen LogP contribution < -0.4 is 0 Å². The second kappa shape index (κ2) is 5.68. The van der Waals surface area contributed by atoms with E-state index in [1.165, 1.54) is 14.2 Å². The summed E-state index contributed by atoms with van der Waals surface area (Å²) in [4.78, 5) is 23.4. The molecule has 1 saturated carbocycles. The van der Waals surface area contributed by atoms with Gasteiger partial charge in [0.2, 0.25) is 11.6 Å². The topological polar surface area (TPSA) is 93.1 Å². The van der Waals surface area contributed by atoms with Gasteiger partial charge in [0, 0.05) is 33.5 Å². The zero-order chi connectivity index (χ0) is 13.1. The SMILES string of the molecule is COC1(OC)CCCC(=O)CC(O)C(O)C1=O. The van der Waals surface area contributed by atoms with Crippen LogP contribution in [0.3, 0.4) is 0 Å². The van der Waals surface area contributed by atoms with Gasteiger partial charge in [0.1, 0.15) is 11.9 Å². The number of Topliss-reactive ketones (excluding diaryl/α,β-unsaturated/α-hetero) is 2. The fraction of sp³-hybridized carbons (Fsp3) is 0.818. The van der Waals surface area contributed by atoms with Crippen LogP contribution in [0.4, 0.5) is 0 Å². The van der Waals surface area contributed by atoms with Crippen LogP contribution in [0.5, 0.6) is 0 Å². The average Bonchev–Trinajstić information content (AvgIpc) is 2.35. The lowest BCUT2D eigenvalue weighted by Gasteiger charge is -2.31. The summed E-state index contributed by atoms with van der Waals surface area (Å²) in [6.45, 7) is 0. The number of carbonyl (C=O) groups excluding carboxylic acids is 2. The van der Waals surface area contributed by atoms with E-state index in [-0.39, 0.29) is 25.0 Å². The van der Waals surface area contributed by atoms with E-state index < -0.39 is 23.8 Å². The molecule has 0 heterocycles. The van der Waals surface area contributed by atoms with Crippen molar-refractivity contribution in [2.75, 3.05) is 14.2 Å². The highest BCUT2D eigenvalue weighted by Crippen LogP contribution is 2.26. The van der Waals surface area contributed by atoms with Crippen LogP contribution in [0, 0.1) is 0 Å². The van der Waals surface area contributed by atoms with Crippen LogP contribution in [-0.2, 0) is 19.1 Å². The van der Waals surface area contributed by atoms with E-state index >= 15 is 0 Å². The molecule has 0 aromatic rings. The maximum atomic E-state index is 12.0. The third-order valence-electron chi connectivity index (χ3n) is 3.07. The van der Waals surface area contributed by atoms with Gasteiger partial charge in [-0.3, -0.25) is 9.59 Å². The van der Waals surface area contributed by atoms with E-state index in [1.54, 1.807) is 0 Å². The molecule has 0 saturated heterocycles. The highest BCUT2D eigenvalue weighted by atomic mass is 16.7. The molecule has 0 aromatic heterocycles. The molecule has 6 heteroatoms. The molecule has 1 fully saturated rings. The van der Waals surface area contributed by atoms with Crippen LogP contribution in [0.1, 0.15) is 25.7 Å². The minimum Gasteiger partial charge on any atom is -0.389 e. The van der Waals surface area contributed by atoms with Crippen LogP contribution >= 0.6 is 0 Å². The van der Waals surface area contributed by atoms with Gasteiger partial charge in [-0.1, -0.05) is 0 Å². The van der Waals surface area contributed by atoms with Gasteiger partial charge >= 0.3 is 0 Å². The zero-order valence-electron chi connectivity index (χ0n) is 10.0. The van der Waals surface area contributed by atoms with Crippen molar-refractivity contribution >= 4 is 11.6 Å². The van der Waals surface area contributed by atoms with Crippen molar-refractivity contribution in [3.05, 3.63) is 0 Å². The molecule has 17 heavy (non-hydrogen) atoms. The monoisotopic (exact) mass is 246 g/mol. The Balaban J connectivity index is 3.00. The van der Waals surface area contributed by atoms with E-state index in [4.69, 9.17) is 9.47 Å². The van der Waals surface area contributed by atoms with Crippen molar-refractivity contribution in [2.24, 2.45) is 0 Å². The minimum atomic E-state index is -1.67. The standard InChI is InChI=1S/C11H18O6/c1-16-11(17-2)5-3-4-7(12)6-8(13)9(14)10(11)15/h8-9,13-14H,3-6H2,1-2H3. The molecular weight excluding hydrogens is 228 g/mol. The zero-order valence-corrected chi connectivity index (χ0v) is 10.0. The summed E-state index contributed by atoms with van der Waals surface area (Å²) in [6, 6.07) is 0. The number of hydrogen-bond donors (Lipinski definition) is 2. The quantitative estimate of drug-likeness (QED) is 0.633. The number of methoxy groups -OCH3 is 2. The molecule has 0 aliphatic heterocycles. The molecule has 0 radical (unpaired) electrons. The average molecular weight is 246 g/mol. The number of carbonyl (C=O) groups is 2. The maximum absolute atomic E-state index is 12.0. The van der Waals surface area contributed by atoms with Crippen molar-refractivity contribution in [3.63, 3.8) is 0 Å². The number of aliphatic hydroxyl groups excluding tert-OH is 2. The molecule has 2 unspecified atom stereocenters. The first-order valence-corrected chi connectivity index (χ1v) is 5.49. The number of aliphatic hydroxyl groups is 2. The Labute approximate surface area is 99.5 Å². The Morgan fingerprint density at radius 2 is 1.82 bits per heavy atom. The fourth-order valence-corrected chi connectivity index (χ4v) is 1.98. The highest BCUT2D eigenvalue weighted by molar-refractivity contribution is 5.91. The molecular formula is C11H18O6. The summed E-state index contributed by atoms with van der Waals surface area (Å²) in [5.41, 5.74) is 0. The Hall–Kier alpha value is -0.820. The molecule has 0 aromatic carbocycles. The van der Waals surface area contributed by atoms with Crippen molar-refractivity contribution in [1.29, 1.82) is 0 Å². The van der Waals surface area contributed by atoms with Gasteiger partial charge in [0.05, 0.1) is 6.10 Å². The molecule has 0 bridgehead atoms. The van der Waals surface area contributed by atoms with Crippen LogP contribution in [0.25, 0.3) is 0 Å². The summed E-state index contributed by atoms with van der Waals surface area (Å²) in [5, 5.41) is 19.2. The summed E-state index contributed by atoms with van der Waals surface area (Å²) < 4.78 is 10.1. The first-order valence-electron chi connectivity index (χ1n) is 5.49. The molecule has 98 valence electrons. The molecule has 2 atom stereocenters. The van der Waals surface area contributed by atoms with Crippen LogP contribution in [-0.4, -0.2) is 54.0 Å². The number of ketones is 2. The summed E-state index contributed by atoms with van der Waals surface area (Å²) in [5.74, 6) is -2.51. The van der Waals surface area contributed by atoms with E-state index in [9.17, 15) is 19.8 Å². The predicted octanol–water partition coefficient (Wildman–Crippen LogP) is -0.590. The van der Waals surface area contributed by atoms with Gasteiger partial charge in [-0.2, -0.15) is 0 Å². The van der Waals surface area contributed by atoms with E-state index in [0.29, 0.717) is 6.42 Å². The van der Waals surface area contributed by atoms with Gasteiger partial charge in [-0.15, -0.1) is 0 Å². The Kier molecular flexibility index (Phi) is 4.76. The van der Waals surface area contributed by atoms with E-state index in [1.807, 2.05) is 0 Å². The van der Waals surface area contributed by atoms with Crippen LogP contribution in [0.2, 0.25) is 0 Å². The maximum Gasteiger partial charge on any atom is 0.231 e. The van der Waals surface area contributed by atoms with Crippen LogP contribution in [0.15, 0.2) is 0 Å². The Morgan fingerprint density at radius 1 is 1.24 bits per heavy atom. The largest absolute Gasteiger partial charge is 0.389 e. The molecule has 1 rings (SSSR count). The first-order chi connectivity index (χ1) is 7.96. The lowest BCUT2D eigenvalue weighted by atomic mass is 9.98. The lowest BCUT2D eigenvalue weighted by Crippen LogP contribution is -2.51. The smallest absolute Gasteiger partial charge is 0.231 e. The van der Waals surface area contributed by atoms with Gasteiger partial charge < -0.3 is 19.7 Å². The van der Waals surface area contributed by atoms with E-state index in [2.05, 4.69) is 0 Å². The van der Waals surface area contributed by atoms with Gasteiger partial charge in [-0.25, -0.2) is 0 Å². The third-order valence-corrected chi connectivity index (χ3v) is 3.07. The predicted molar refractivity (Wildman–Crippen MR) is 57.2 cm³/mol. The number of rotatable bonds is 2. The van der Waals surface area contributed by atoms with Crippen molar-refractivity contribution in [2.45, 2.75) is 43.7 Å². The van der Waals surface area contributed by atoms with Gasteiger partial charge in [-0.05, 0) is 6.42 Å². The number of hydrogen-bond acceptors (Lipinski definition) is 6. The van der Waals surface area contributed by atoms with Gasteiger partial charge in [0.25, 0.3) is 0 Å². The molecule has 0 spiro atoms. The molecule has 2 N–H and O–H groups in total. The third kappa shape index (κ3) is 2.90. The number of ether oxygens (including phenoxy) is 2. The van der Waals surface area contributed by atoms with Gasteiger partial charge in [0.15, 0.2) is 0 Å². The molecule has 0 amide bonds. The van der Waals surface area contributed by atoms with Crippen molar-refractivity contribution < 1.29 is 29.3 Å². The lowest BCUT2D eigenvalue weighted by molar-refractivity contribution is -0.219. The normalized spacial score (nSPS) is 30.6.